The van der Waals surface area contributed by atoms with Gasteiger partial charge >= 0.3 is 5.97 Å². The number of esters is 1. The van der Waals surface area contributed by atoms with Gasteiger partial charge < -0.3 is 13.9 Å². The zero-order valence-corrected chi connectivity index (χ0v) is 17.6. The van der Waals surface area contributed by atoms with Gasteiger partial charge in [0.25, 0.3) is 6.47 Å². The molecule has 3 aliphatic carbocycles. The van der Waals surface area contributed by atoms with Gasteiger partial charge in [0.1, 0.15) is 5.78 Å². The molecule has 164 valence electrons. The molecule has 0 radical (unpaired) electrons. The Kier molecular flexibility index (Phi) is 7.45. The molecule has 0 aliphatic heterocycles. The van der Waals surface area contributed by atoms with Gasteiger partial charge in [-0.15, -0.1) is 0 Å². The lowest BCUT2D eigenvalue weighted by Gasteiger charge is -2.48. The Balaban J connectivity index is 0.000000589. The van der Waals surface area contributed by atoms with Crippen LogP contribution < -0.4 is 0 Å². The van der Waals surface area contributed by atoms with E-state index in [0.717, 1.165) is 31.2 Å². The summed E-state index contributed by atoms with van der Waals surface area (Å²) in [5.41, 5.74) is 1.05. The van der Waals surface area contributed by atoms with Crippen molar-refractivity contribution in [2.75, 3.05) is 7.11 Å². The Hall–Kier alpha value is -2.44. The maximum atomic E-state index is 13.2. The molecule has 0 spiro atoms. The van der Waals surface area contributed by atoms with E-state index in [1.165, 1.54) is 7.11 Å². The predicted octanol–water partition coefficient (Wildman–Crippen LogP) is 3.46. The molecular weight excluding hydrogens is 388 g/mol. The van der Waals surface area contributed by atoms with Gasteiger partial charge in [0.05, 0.1) is 19.6 Å². The second-order valence-corrected chi connectivity index (χ2v) is 8.44. The Morgan fingerprint density at radius 1 is 1.23 bits per heavy atom. The van der Waals surface area contributed by atoms with E-state index in [1.54, 1.807) is 19.5 Å². The third-order valence-corrected chi connectivity index (χ3v) is 6.87. The molecule has 1 aromatic rings. The number of methoxy groups -OCH3 is 1. The first-order valence-corrected chi connectivity index (χ1v) is 10.7. The first-order chi connectivity index (χ1) is 14.5. The van der Waals surface area contributed by atoms with Gasteiger partial charge in [-0.3, -0.25) is 19.2 Å². The minimum atomic E-state index is -0.619. The summed E-state index contributed by atoms with van der Waals surface area (Å²) in [4.78, 5) is 46.6. The molecule has 1 heterocycles. The molecule has 30 heavy (non-hydrogen) atoms. The summed E-state index contributed by atoms with van der Waals surface area (Å²) >= 11 is 0. The summed E-state index contributed by atoms with van der Waals surface area (Å²) in [6.07, 6.45) is 7.78. The van der Waals surface area contributed by atoms with Crippen molar-refractivity contribution in [2.24, 2.45) is 23.7 Å². The lowest BCUT2D eigenvalue weighted by atomic mass is 9.55. The van der Waals surface area contributed by atoms with Crippen molar-refractivity contribution in [2.45, 2.75) is 63.9 Å². The van der Waals surface area contributed by atoms with Gasteiger partial charge in [0.15, 0.2) is 11.9 Å². The van der Waals surface area contributed by atoms with E-state index in [4.69, 9.17) is 13.9 Å². The average Bonchev–Trinajstić information content (AvgIpc) is 3.30. The molecule has 3 aliphatic rings. The summed E-state index contributed by atoms with van der Waals surface area (Å²) in [5.74, 6) is 0.407. The zero-order chi connectivity index (χ0) is 21.7. The van der Waals surface area contributed by atoms with Crippen molar-refractivity contribution >= 4 is 24.0 Å². The smallest absolute Gasteiger partial charge is 0.306 e. The van der Waals surface area contributed by atoms with E-state index in [0.29, 0.717) is 25.2 Å². The molecule has 0 saturated heterocycles. The standard InChI is InChI=1S/C21H26O5.C2H4O2/c1-2-19(23)26-18-6-4-12-3-5-15-16(20(12)21(18)24)9-14(10-17(15)22)13-7-8-25-11-13;1-4-2-3/h7-8,11-12,14-16,18,20H,2-6,9-10H2,1H3;2H,1H3. The fraction of sp³-hybridized carbons (Fsp3) is 0.652. The molecule has 6 atom stereocenters. The fourth-order valence-corrected chi connectivity index (χ4v) is 5.51. The van der Waals surface area contributed by atoms with E-state index < -0.39 is 6.10 Å². The fourth-order valence-electron chi connectivity index (χ4n) is 5.51. The number of hydrogen-bond acceptors (Lipinski definition) is 7. The molecular formula is C23H30O7. The number of ether oxygens (including phenoxy) is 2. The maximum absolute atomic E-state index is 13.2. The zero-order valence-electron chi connectivity index (χ0n) is 17.6. The minimum Gasteiger partial charge on any atom is -0.472 e. The molecule has 4 rings (SSSR count). The van der Waals surface area contributed by atoms with Crippen LogP contribution >= 0.6 is 0 Å². The lowest BCUT2D eigenvalue weighted by Crippen LogP contribution is -2.51. The van der Waals surface area contributed by atoms with E-state index in [9.17, 15) is 14.4 Å². The Labute approximate surface area is 176 Å². The number of ketones is 2. The van der Waals surface area contributed by atoms with Gasteiger partial charge in [0, 0.05) is 24.7 Å². The third kappa shape index (κ3) is 4.65. The highest BCUT2D eigenvalue weighted by Crippen LogP contribution is 2.52. The summed E-state index contributed by atoms with van der Waals surface area (Å²) in [7, 11) is 1.31. The van der Waals surface area contributed by atoms with E-state index in [2.05, 4.69) is 4.74 Å². The average molecular weight is 418 g/mol. The Morgan fingerprint density at radius 2 is 1.97 bits per heavy atom. The Bertz CT molecular complexity index is 754. The molecule has 0 bridgehead atoms. The highest BCUT2D eigenvalue weighted by Gasteiger charge is 2.52. The number of furan rings is 1. The van der Waals surface area contributed by atoms with Gasteiger partial charge in [-0.1, -0.05) is 6.92 Å². The second kappa shape index (κ2) is 10.0. The van der Waals surface area contributed by atoms with Gasteiger partial charge in [0.2, 0.25) is 0 Å². The largest absolute Gasteiger partial charge is 0.472 e. The second-order valence-electron chi connectivity index (χ2n) is 8.44. The first kappa shape index (κ1) is 22.2. The molecule has 0 aromatic carbocycles. The summed E-state index contributed by atoms with van der Waals surface area (Å²) in [6, 6.07) is 1.92. The van der Waals surface area contributed by atoms with Crippen LogP contribution in [0.25, 0.3) is 0 Å². The Morgan fingerprint density at radius 3 is 2.60 bits per heavy atom. The van der Waals surface area contributed by atoms with Crippen LogP contribution in [0, 0.1) is 23.7 Å². The van der Waals surface area contributed by atoms with Crippen LogP contribution in [0.3, 0.4) is 0 Å². The van der Waals surface area contributed by atoms with Crippen molar-refractivity contribution < 1.29 is 33.1 Å². The number of hydrogen-bond donors (Lipinski definition) is 0. The number of fused-ring (bicyclic) bond motifs is 3. The van der Waals surface area contributed by atoms with Crippen LogP contribution in [0.4, 0.5) is 0 Å². The van der Waals surface area contributed by atoms with Crippen LogP contribution in [0.5, 0.6) is 0 Å². The molecule has 7 heteroatoms. The normalized spacial score (nSPS) is 32.7. The van der Waals surface area contributed by atoms with Crippen molar-refractivity contribution in [3.05, 3.63) is 24.2 Å². The van der Waals surface area contributed by atoms with Crippen molar-refractivity contribution in [1.82, 2.24) is 0 Å². The van der Waals surface area contributed by atoms with Crippen molar-refractivity contribution in [3.8, 4) is 0 Å². The first-order valence-electron chi connectivity index (χ1n) is 10.7. The molecule has 1 aromatic heterocycles. The number of carbonyl (C=O) groups excluding carboxylic acids is 4. The highest BCUT2D eigenvalue weighted by molar-refractivity contribution is 5.91. The summed E-state index contributed by atoms with van der Waals surface area (Å²) in [5, 5.41) is 0. The van der Waals surface area contributed by atoms with E-state index in [1.807, 2.05) is 6.07 Å². The molecule has 0 amide bonds. The highest BCUT2D eigenvalue weighted by atomic mass is 16.5. The van der Waals surface area contributed by atoms with Gasteiger partial charge in [-0.25, -0.2) is 0 Å². The van der Waals surface area contributed by atoms with Crippen LogP contribution in [0.2, 0.25) is 0 Å². The van der Waals surface area contributed by atoms with Crippen LogP contribution in [0.1, 0.15) is 63.4 Å². The number of carbonyl (C=O) groups is 4. The number of Topliss-reactive ketones (excluding diaryl/α,β-unsaturated/α-hetero) is 2. The molecule has 0 N–H and O–H groups in total. The van der Waals surface area contributed by atoms with Crippen LogP contribution in [-0.2, 0) is 28.7 Å². The summed E-state index contributed by atoms with van der Waals surface area (Å²) < 4.78 is 14.5. The quantitative estimate of drug-likeness (QED) is 0.545. The minimum absolute atomic E-state index is 0.0102. The third-order valence-electron chi connectivity index (χ3n) is 6.87. The van der Waals surface area contributed by atoms with Gasteiger partial charge in [-0.2, -0.15) is 0 Å². The van der Waals surface area contributed by atoms with Gasteiger partial charge in [-0.05, 0) is 61.5 Å². The SMILES string of the molecule is CCC(=O)OC1CCC2CCC3C(=O)CC(c4ccoc4)CC3C2C1=O.COC=O. The predicted molar refractivity (Wildman–Crippen MR) is 106 cm³/mol. The molecule has 6 unspecified atom stereocenters. The molecule has 3 fully saturated rings. The monoisotopic (exact) mass is 418 g/mol. The van der Waals surface area contributed by atoms with Crippen molar-refractivity contribution in [1.29, 1.82) is 0 Å². The number of rotatable bonds is 4. The van der Waals surface area contributed by atoms with Crippen LogP contribution in [0.15, 0.2) is 23.0 Å². The van der Waals surface area contributed by atoms with E-state index >= 15 is 0 Å². The summed E-state index contributed by atoms with van der Waals surface area (Å²) in [6.45, 7) is 2.12. The van der Waals surface area contributed by atoms with Crippen LogP contribution in [-0.4, -0.2) is 37.2 Å². The van der Waals surface area contributed by atoms with Crippen molar-refractivity contribution in [3.63, 3.8) is 0 Å². The van der Waals surface area contributed by atoms with E-state index in [-0.39, 0.29) is 47.6 Å². The lowest BCUT2D eigenvalue weighted by molar-refractivity contribution is -0.164. The topological polar surface area (TPSA) is 99.9 Å². The molecule has 3 saturated carbocycles. The maximum Gasteiger partial charge on any atom is 0.306 e. The molecule has 7 nitrogen and oxygen atoms in total.